The van der Waals surface area contributed by atoms with Gasteiger partial charge in [0.15, 0.2) is 0 Å². The Kier molecular flexibility index (Phi) is 6.23. The Balaban J connectivity index is 1.80. The van der Waals surface area contributed by atoms with Gasteiger partial charge < -0.3 is 14.2 Å². The minimum atomic E-state index is -0.492. The highest BCUT2D eigenvalue weighted by molar-refractivity contribution is 5.73. The summed E-state index contributed by atoms with van der Waals surface area (Å²) in [5.74, 6) is 0.585. The van der Waals surface area contributed by atoms with Crippen LogP contribution in [0.5, 0.6) is 5.75 Å². The van der Waals surface area contributed by atoms with Crippen LogP contribution in [0.15, 0.2) is 30.3 Å². The van der Waals surface area contributed by atoms with Crippen LogP contribution in [0, 0.1) is 17.8 Å². The first kappa shape index (κ1) is 18.3. The fraction of sp³-hybridized carbons (Fsp3) is 0.579. The molecule has 0 amide bonds. The van der Waals surface area contributed by atoms with Crippen LogP contribution in [-0.2, 0) is 19.1 Å². The lowest BCUT2D eigenvalue weighted by atomic mass is 9.67. The van der Waals surface area contributed by atoms with Crippen molar-refractivity contribution in [2.24, 2.45) is 17.8 Å². The second-order valence-electron chi connectivity index (χ2n) is 6.88. The number of ether oxygens (including phenoxy) is 3. The van der Waals surface area contributed by atoms with E-state index < -0.39 is 5.60 Å². The molecule has 0 radical (unpaired) electrons. The van der Waals surface area contributed by atoms with Crippen molar-refractivity contribution in [3.63, 3.8) is 0 Å². The van der Waals surface area contributed by atoms with E-state index in [1.54, 1.807) is 0 Å². The maximum absolute atomic E-state index is 12.4. The monoisotopic (exact) mass is 334 g/mol. The van der Waals surface area contributed by atoms with Crippen LogP contribution in [0.1, 0.15) is 33.6 Å². The third kappa shape index (κ3) is 4.73. The van der Waals surface area contributed by atoms with Crippen LogP contribution < -0.4 is 4.74 Å². The molecule has 1 aromatic rings. The summed E-state index contributed by atoms with van der Waals surface area (Å²) >= 11 is 0. The zero-order valence-electron chi connectivity index (χ0n) is 14.6. The van der Waals surface area contributed by atoms with E-state index in [0.717, 1.165) is 5.75 Å². The Labute approximate surface area is 143 Å². The molecule has 132 valence electrons. The van der Waals surface area contributed by atoms with Crippen molar-refractivity contribution >= 4 is 12.4 Å². The first-order chi connectivity index (χ1) is 11.4. The molecule has 1 aliphatic rings. The largest absolute Gasteiger partial charge is 0.490 e. The summed E-state index contributed by atoms with van der Waals surface area (Å²) in [6.07, 6.45) is 1.33. The van der Waals surface area contributed by atoms with Crippen LogP contribution >= 0.6 is 0 Å². The number of carbonyl (C=O) groups excluding carboxylic acids is 2. The highest BCUT2D eigenvalue weighted by Crippen LogP contribution is 2.42. The molecule has 0 N–H and O–H groups in total. The van der Waals surface area contributed by atoms with Gasteiger partial charge in [-0.25, -0.2) is 0 Å². The molecule has 0 aliphatic heterocycles. The summed E-state index contributed by atoms with van der Waals surface area (Å²) in [5, 5.41) is 0. The molecule has 2 rings (SSSR count). The minimum Gasteiger partial charge on any atom is -0.490 e. The van der Waals surface area contributed by atoms with E-state index in [1.165, 1.54) is 0 Å². The van der Waals surface area contributed by atoms with Gasteiger partial charge in [0, 0.05) is 0 Å². The summed E-state index contributed by atoms with van der Waals surface area (Å²) in [7, 11) is 0. The van der Waals surface area contributed by atoms with Crippen LogP contribution in [0.25, 0.3) is 0 Å². The van der Waals surface area contributed by atoms with Crippen LogP contribution in [-0.4, -0.2) is 31.3 Å². The van der Waals surface area contributed by atoms with Crippen molar-refractivity contribution in [3.8, 4) is 5.75 Å². The lowest BCUT2D eigenvalue weighted by Crippen LogP contribution is -2.45. The maximum atomic E-state index is 12.4. The molecule has 5 nitrogen and oxygen atoms in total. The standard InChI is InChI=1S/C19H26O5/c1-14-11-19(3,24-13-20)12-15(2)17(14)18(21)23-10-9-22-16-7-5-4-6-8-16/h4-8,13-15,17H,9-12H2,1-3H3. The molecule has 0 aromatic heterocycles. The SMILES string of the molecule is CC1CC(C)(OC=O)CC(C)C1C(=O)OCCOc1ccccc1. The van der Waals surface area contributed by atoms with E-state index >= 15 is 0 Å². The van der Waals surface area contributed by atoms with Crippen molar-refractivity contribution in [3.05, 3.63) is 30.3 Å². The smallest absolute Gasteiger partial charge is 0.309 e. The number of rotatable bonds is 7. The Morgan fingerprint density at radius 2 is 1.79 bits per heavy atom. The molecule has 1 aliphatic carbocycles. The van der Waals surface area contributed by atoms with Gasteiger partial charge in [-0.1, -0.05) is 32.0 Å². The van der Waals surface area contributed by atoms with Crippen molar-refractivity contribution < 1.29 is 23.8 Å². The van der Waals surface area contributed by atoms with E-state index in [0.29, 0.717) is 25.9 Å². The molecule has 1 aromatic carbocycles. The summed E-state index contributed by atoms with van der Waals surface area (Å²) in [6, 6.07) is 9.43. The zero-order chi connectivity index (χ0) is 17.6. The van der Waals surface area contributed by atoms with Crippen molar-refractivity contribution in [2.75, 3.05) is 13.2 Å². The molecule has 2 atom stereocenters. The number of carbonyl (C=O) groups is 2. The predicted molar refractivity (Wildman–Crippen MR) is 89.5 cm³/mol. The van der Waals surface area contributed by atoms with Gasteiger partial charge in [0.25, 0.3) is 6.47 Å². The van der Waals surface area contributed by atoms with E-state index in [-0.39, 0.29) is 30.3 Å². The van der Waals surface area contributed by atoms with Gasteiger partial charge in [0.2, 0.25) is 0 Å². The Morgan fingerprint density at radius 3 is 2.38 bits per heavy atom. The van der Waals surface area contributed by atoms with E-state index in [2.05, 4.69) is 0 Å². The number of esters is 1. The Bertz CT molecular complexity index is 530. The average molecular weight is 334 g/mol. The molecular formula is C19H26O5. The predicted octanol–water partition coefficient (Wildman–Crippen LogP) is 3.22. The average Bonchev–Trinajstić information content (AvgIpc) is 2.51. The maximum Gasteiger partial charge on any atom is 0.309 e. The zero-order valence-corrected chi connectivity index (χ0v) is 14.6. The third-order valence-corrected chi connectivity index (χ3v) is 4.68. The highest BCUT2D eigenvalue weighted by atomic mass is 16.6. The Hall–Kier alpha value is -2.04. The molecular weight excluding hydrogens is 308 g/mol. The van der Waals surface area contributed by atoms with Crippen LogP contribution in [0.4, 0.5) is 0 Å². The number of hydrogen-bond donors (Lipinski definition) is 0. The molecule has 2 unspecified atom stereocenters. The topological polar surface area (TPSA) is 61.8 Å². The molecule has 0 saturated heterocycles. The van der Waals surface area contributed by atoms with Gasteiger partial charge in [-0.15, -0.1) is 0 Å². The lowest BCUT2D eigenvalue weighted by Gasteiger charge is -2.42. The van der Waals surface area contributed by atoms with E-state index in [4.69, 9.17) is 14.2 Å². The van der Waals surface area contributed by atoms with Gasteiger partial charge in [-0.2, -0.15) is 0 Å². The molecule has 1 fully saturated rings. The van der Waals surface area contributed by atoms with E-state index in [1.807, 2.05) is 51.1 Å². The van der Waals surface area contributed by atoms with E-state index in [9.17, 15) is 9.59 Å². The molecule has 1 saturated carbocycles. The fourth-order valence-electron chi connectivity index (χ4n) is 3.85. The number of para-hydroxylation sites is 1. The summed E-state index contributed by atoms with van der Waals surface area (Å²) in [4.78, 5) is 23.1. The molecule has 0 bridgehead atoms. The first-order valence-electron chi connectivity index (χ1n) is 8.41. The molecule has 5 heteroatoms. The van der Waals surface area contributed by atoms with Crippen molar-refractivity contribution in [1.29, 1.82) is 0 Å². The summed E-state index contributed by atoms with van der Waals surface area (Å²) < 4.78 is 16.2. The lowest BCUT2D eigenvalue weighted by molar-refractivity contribution is -0.164. The van der Waals surface area contributed by atoms with Gasteiger partial charge in [0.05, 0.1) is 5.92 Å². The normalized spacial score (nSPS) is 29.5. The molecule has 24 heavy (non-hydrogen) atoms. The first-order valence-corrected chi connectivity index (χ1v) is 8.41. The second-order valence-corrected chi connectivity index (χ2v) is 6.88. The second kappa shape index (κ2) is 8.18. The fourth-order valence-corrected chi connectivity index (χ4v) is 3.85. The number of hydrogen-bond acceptors (Lipinski definition) is 5. The molecule has 0 spiro atoms. The third-order valence-electron chi connectivity index (χ3n) is 4.68. The van der Waals surface area contributed by atoms with Gasteiger partial charge in [-0.05, 0) is 43.7 Å². The van der Waals surface area contributed by atoms with Crippen LogP contribution in [0.2, 0.25) is 0 Å². The van der Waals surface area contributed by atoms with Crippen molar-refractivity contribution in [1.82, 2.24) is 0 Å². The van der Waals surface area contributed by atoms with Gasteiger partial charge in [0.1, 0.15) is 24.6 Å². The minimum absolute atomic E-state index is 0.0984. The van der Waals surface area contributed by atoms with Crippen LogP contribution in [0.3, 0.4) is 0 Å². The van der Waals surface area contributed by atoms with Crippen molar-refractivity contribution in [2.45, 2.75) is 39.2 Å². The summed E-state index contributed by atoms with van der Waals surface area (Å²) in [6.45, 7) is 6.99. The quantitative estimate of drug-likeness (QED) is 0.435. The molecule has 0 heterocycles. The number of benzene rings is 1. The van der Waals surface area contributed by atoms with Gasteiger partial charge in [-0.3, -0.25) is 9.59 Å². The Morgan fingerprint density at radius 1 is 1.17 bits per heavy atom. The highest BCUT2D eigenvalue weighted by Gasteiger charge is 2.45. The summed E-state index contributed by atoms with van der Waals surface area (Å²) in [5.41, 5.74) is -0.492. The van der Waals surface area contributed by atoms with Gasteiger partial charge >= 0.3 is 5.97 Å².